The molecule has 0 aliphatic carbocycles. The topological polar surface area (TPSA) is 33.7 Å². The van der Waals surface area contributed by atoms with Gasteiger partial charge in [0.15, 0.2) is 11.4 Å². The van der Waals surface area contributed by atoms with E-state index >= 15 is 0 Å². The second kappa shape index (κ2) is 7.18. The van der Waals surface area contributed by atoms with Crippen molar-refractivity contribution in [3.05, 3.63) is 115 Å². The summed E-state index contributed by atoms with van der Waals surface area (Å²) in [5.74, 6) is 1.52. The summed E-state index contributed by atoms with van der Waals surface area (Å²) in [5, 5.41) is 0. The number of hydrogen-bond donors (Lipinski definition) is 0. The van der Waals surface area contributed by atoms with E-state index in [2.05, 4.69) is 76.0 Å². The molecule has 4 aromatic carbocycles. The first-order valence-corrected chi connectivity index (χ1v) is 10.3. The Morgan fingerprint density at radius 3 is 1.81 bits per heavy atom. The number of para-hydroxylation sites is 4. The van der Waals surface area contributed by atoms with Crippen LogP contribution in [0.2, 0.25) is 0 Å². The summed E-state index contributed by atoms with van der Waals surface area (Å²) >= 11 is 0. The van der Waals surface area contributed by atoms with Crippen LogP contribution in [-0.2, 0) is 0 Å². The molecule has 0 aliphatic heterocycles. The summed E-state index contributed by atoms with van der Waals surface area (Å²) in [6.45, 7) is 0. The molecule has 0 unspecified atom stereocenters. The molecule has 0 spiro atoms. The SMILES string of the molecule is c1ccc(-c2nc3oc4ccccc4n3c2N(c2ccccc2)c2ccccc2)cc1. The zero-order valence-corrected chi connectivity index (χ0v) is 16.7. The van der Waals surface area contributed by atoms with Gasteiger partial charge in [-0.15, -0.1) is 0 Å². The fraction of sp³-hybridized carbons (Fsp3) is 0. The van der Waals surface area contributed by atoms with Gasteiger partial charge in [-0.25, -0.2) is 4.40 Å². The molecule has 0 aliphatic rings. The highest BCUT2D eigenvalue weighted by Gasteiger charge is 2.26. The van der Waals surface area contributed by atoms with Gasteiger partial charge >= 0.3 is 5.84 Å². The highest BCUT2D eigenvalue weighted by Crippen LogP contribution is 2.42. The van der Waals surface area contributed by atoms with Crippen molar-refractivity contribution >= 4 is 34.1 Å². The molecule has 0 fully saturated rings. The molecule has 0 atom stereocenters. The normalized spacial score (nSPS) is 11.2. The van der Waals surface area contributed by atoms with Gasteiger partial charge in [-0.05, 0) is 36.4 Å². The molecule has 2 heterocycles. The van der Waals surface area contributed by atoms with Crippen LogP contribution in [0.4, 0.5) is 17.2 Å². The van der Waals surface area contributed by atoms with Crippen LogP contribution in [0, 0.1) is 0 Å². The maximum atomic E-state index is 6.14. The highest BCUT2D eigenvalue weighted by atomic mass is 16.4. The Morgan fingerprint density at radius 2 is 1.16 bits per heavy atom. The number of benzene rings is 4. The van der Waals surface area contributed by atoms with Gasteiger partial charge < -0.3 is 4.42 Å². The average Bonchev–Trinajstić information content (AvgIpc) is 3.38. The lowest BCUT2D eigenvalue weighted by Crippen LogP contribution is -2.13. The fourth-order valence-corrected chi connectivity index (χ4v) is 4.05. The van der Waals surface area contributed by atoms with Crippen LogP contribution in [0.1, 0.15) is 0 Å². The van der Waals surface area contributed by atoms with Crippen molar-refractivity contribution < 1.29 is 4.42 Å². The predicted molar refractivity (Wildman–Crippen MR) is 125 cm³/mol. The van der Waals surface area contributed by atoms with E-state index in [1.165, 1.54) is 0 Å². The summed E-state index contributed by atoms with van der Waals surface area (Å²) in [6, 6.07) is 39.1. The number of fused-ring (bicyclic) bond motifs is 3. The third kappa shape index (κ3) is 2.89. The van der Waals surface area contributed by atoms with E-state index in [9.17, 15) is 0 Å². The minimum atomic E-state index is 0.576. The molecule has 0 bridgehead atoms. The van der Waals surface area contributed by atoms with Crippen LogP contribution in [0.15, 0.2) is 120 Å². The molecular weight excluding hydrogens is 382 g/mol. The van der Waals surface area contributed by atoms with Gasteiger partial charge in [-0.2, -0.15) is 4.98 Å². The third-order valence-electron chi connectivity index (χ3n) is 5.42. The Hall–Kier alpha value is -4.31. The Bertz CT molecular complexity index is 1430. The Kier molecular flexibility index (Phi) is 4.06. The summed E-state index contributed by atoms with van der Waals surface area (Å²) < 4.78 is 8.25. The summed E-state index contributed by atoms with van der Waals surface area (Å²) in [6.07, 6.45) is 0. The van der Waals surface area contributed by atoms with Crippen molar-refractivity contribution in [3.63, 3.8) is 0 Å². The maximum absolute atomic E-state index is 6.14. The molecule has 6 rings (SSSR count). The quantitative estimate of drug-likeness (QED) is 0.313. The number of hydrogen-bond acceptors (Lipinski definition) is 3. The van der Waals surface area contributed by atoms with Gasteiger partial charge in [-0.3, -0.25) is 4.90 Å². The molecule has 2 aromatic heterocycles. The van der Waals surface area contributed by atoms with Gasteiger partial charge in [0.05, 0.1) is 5.52 Å². The minimum Gasteiger partial charge on any atom is -0.423 e. The molecule has 6 aromatic rings. The Morgan fingerprint density at radius 1 is 0.613 bits per heavy atom. The number of anilines is 3. The fourth-order valence-electron chi connectivity index (χ4n) is 4.05. The van der Waals surface area contributed by atoms with E-state index in [1.54, 1.807) is 0 Å². The largest absolute Gasteiger partial charge is 0.423 e. The molecule has 0 radical (unpaired) electrons. The van der Waals surface area contributed by atoms with Crippen LogP contribution in [0.25, 0.3) is 28.2 Å². The van der Waals surface area contributed by atoms with E-state index < -0.39 is 0 Å². The number of rotatable bonds is 4. The van der Waals surface area contributed by atoms with Crippen molar-refractivity contribution in [3.8, 4) is 11.3 Å². The number of nitrogens with zero attached hydrogens (tertiary/aromatic N) is 3. The first-order chi connectivity index (χ1) is 15.4. The van der Waals surface area contributed by atoms with Gasteiger partial charge in [0, 0.05) is 16.9 Å². The molecule has 0 amide bonds. The van der Waals surface area contributed by atoms with Crippen LogP contribution in [0.5, 0.6) is 0 Å². The first-order valence-electron chi connectivity index (χ1n) is 10.3. The zero-order chi connectivity index (χ0) is 20.6. The molecule has 148 valence electrons. The van der Waals surface area contributed by atoms with Gasteiger partial charge in [0.25, 0.3) is 0 Å². The van der Waals surface area contributed by atoms with E-state index in [0.29, 0.717) is 5.84 Å². The standard InChI is InChI=1S/C27H19N3O/c1-4-12-20(13-5-1)25-26(30-23-18-10-11-19-24(23)31-27(30)28-25)29(21-14-6-2-7-15-21)22-16-8-3-9-17-22/h1-19H. The zero-order valence-electron chi connectivity index (χ0n) is 16.7. The molecule has 0 N–H and O–H groups in total. The van der Waals surface area contributed by atoms with Crippen molar-refractivity contribution in [2.75, 3.05) is 4.90 Å². The molecule has 0 saturated heterocycles. The van der Waals surface area contributed by atoms with Crippen molar-refractivity contribution in [2.24, 2.45) is 0 Å². The van der Waals surface area contributed by atoms with Gasteiger partial charge in [0.2, 0.25) is 0 Å². The predicted octanol–water partition coefficient (Wildman–Crippen LogP) is 7.22. The summed E-state index contributed by atoms with van der Waals surface area (Å²) in [7, 11) is 0. The highest BCUT2D eigenvalue weighted by molar-refractivity contribution is 5.90. The van der Waals surface area contributed by atoms with E-state index in [0.717, 1.165) is 39.5 Å². The van der Waals surface area contributed by atoms with Crippen molar-refractivity contribution in [1.29, 1.82) is 0 Å². The second-order valence-electron chi connectivity index (χ2n) is 7.34. The summed E-state index contributed by atoms with van der Waals surface area (Å²) in [5.41, 5.74) is 5.82. The average molecular weight is 401 g/mol. The van der Waals surface area contributed by atoms with Crippen LogP contribution in [-0.4, -0.2) is 9.38 Å². The Balaban J connectivity index is 1.74. The van der Waals surface area contributed by atoms with E-state index in [-0.39, 0.29) is 0 Å². The number of oxazole rings is 1. The number of imidazole rings is 1. The van der Waals surface area contributed by atoms with Gasteiger partial charge in [-0.1, -0.05) is 78.9 Å². The smallest absolute Gasteiger partial charge is 0.309 e. The van der Waals surface area contributed by atoms with Gasteiger partial charge in [0.1, 0.15) is 5.69 Å². The van der Waals surface area contributed by atoms with Crippen LogP contribution < -0.4 is 4.90 Å². The second-order valence-corrected chi connectivity index (χ2v) is 7.34. The molecule has 31 heavy (non-hydrogen) atoms. The van der Waals surface area contributed by atoms with Crippen molar-refractivity contribution in [1.82, 2.24) is 9.38 Å². The summed E-state index contributed by atoms with van der Waals surface area (Å²) in [4.78, 5) is 7.19. The third-order valence-corrected chi connectivity index (χ3v) is 5.42. The molecular formula is C27H19N3O. The lowest BCUT2D eigenvalue weighted by molar-refractivity contribution is 0.642. The molecule has 0 saturated carbocycles. The van der Waals surface area contributed by atoms with E-state index in [4.69, 9.17) is 9.40 Å². The number of aromatic nitrogens is 2. The van der Waals surface area contributed by atoms with Crippen LogP contribution >= 0.6 is 0 Å². The van der Waals surface area contributed by atoms with E-state index in [1.807, 2.05) is 48.5 Å². The lowest BCUT2D eigenvalue weighted by atomic mass is 10.1. The Labute approximate surface area is 179 Å². The van der Waals surface area contributed by atoms with Crippen LogP contribution in [0.3, 0.4) is 0 Å². The molecule has 4 nitrogen and oxygen atoms in total. The molecule has 4 heteroatoms. The monoisotopic (exact) mass is 401 g/mol. The van der Waals surface area contributed by atoms with Crippen molar-refractivity contribution in [2.45, 2.75) is 0 Å². The maximum Gasteiger partial charge on any atom is 0.309 e. The minimum absolute atomic E-state index is 0.576. The first kappa shape index (κ1) is 17.5. The lowest BCUT2D eigenvalue weighted by Gasteiger charge is -2.25.